The summed E-state index contributed by atoms with van der Waals surface area (Å²) in [5.41, 5.74) is 5.35. The van der Waals surface area contributed by atoms with Crippen molar-refractivity contribution < 1.29 is 4.74 Å². The second-order valence-corrected chi connectivity index (χ2v) is 15.8. The Labute approximate surface area is 175 Å². The highest BCUT2D eigenvalue weighted by Gasteiger charge is 2.43. The van der Waals surface area contributed by atoms with Crippen molar-refractivity contribution in [1.82, 2.24) is 5.01 Å². The molecule has 0 bridgehead atoms. The number of nitrogens with zero attached hydrogens (tertiary/aromatic N) is 1. The van der Waals surface area contributed by atoms with Crippen molar-refractivity contribution in [2.75, 3.05) is 13.3 Å². The first-order valence-corrected chi connectivity index (χ1v) is 15.1. The molecule has 3 nitrogen and oxygen atoms in total. The van der Waals surface area contributed by atoms with Gasteiger partial charge in [0.25, 0.3) is 0 Å². The van der Waals surface area contributed by atoms with E-state index in [4.69, 9.17) is 10.6 Å². The Morgan fingerprint density at radius 3 is 2.57 bits per heavy atom. The number of fused-ring (bicyclic) bond motifs is 1. The molecule has 4 heteroatoms. The summed E-state index contributed by atoms with van der Waals surface area (Å²) >= 11 is 0. The summed E-state index contributed by atoms with van der Waals surface area (Å²) < 4.78 is 5.95. The Morgan fingerprint density at radius 2 is 1.96 bits per heavy atom. The lowest BCUT2D eigenvalue weighted by Crippen LogP contribution is -2.36. The van der Waals surface area contributed by atoms with Gasteiger partial charge in [-0.05, 0) is 72.6 Å². The van der Waals surface area contributed by atoms with Gasteiger partial charge in [-0.15, -0.1) is 0 Å². The molecule has 160 valence electrons. The van der Waals surface area contributed by atoms with Gasteiger partial charge in [0, 0.05) is 20.4 Å². The fourth-order valence-electron chi connectivity index (χ4n) is 4.08. The van der Waals surface area contributed by atoms with Crippen molar-refractivity contribution in [1.29, 1.82) is 0 Å². The average molecular weight is 405 g/mol. The average Bonchev–Trinajstić information content (AvgIpc) is 3.41. The van der Waals surface area contributed by atoms with Gasteiger partial charge in [-0.3, -0.25) is 5.01 Å². The summed E-state index contributed by atoms with van der Waals surface area (Å²) in [5.74, 6) is 8.74. The van der Waals surface area contributed by atoms with Crippen LogP contribution >= 0.6 is 0 Å². The van der Waals surface area contributed by atoms with Gasteiger partial charge in [-0.1, -0.05) is 59.5 Å². The van der Waals surface area contributed by atoms with Crippen LogP contribution in [0.3, 0.4) is 0 Å². The van der Waals surface area contributed by atoms with Gasteiger partial charge >= 0.3 is 0 Å². The third-order valence-electron chi connectivity index (χ3n) is 6.42. The van der Waals surface area contributed by atoms with Gasteiger partial charge in [-0.2, -0.15) is 0 Å². The van der Waals surface area contributed by atoms with Crippen LogP contribution in [0.1, 0.15) is 59.3 Å². The van der Waals surface area contributed by atoms with Crippen LogP contribution in [-0.2, 0) is 4.74 Å². The van der Waals surface area contributed by atoms with Crippen LogP contribution in [0.2, 0.25) is 25.7 Å². The molecule has 2 rings (SSSR count). The van der Waals surface area contributed by atoms with Crippen molar-refractivity contribution in [3.63, 3.8) is 0 Å². The largest absolute Gasteiger partial charge is 0.360 e. The number of unbranched alkanes of at least 4 members (excludes halogenated alkanes) is 1. The Kier molecular flexibility index (Phi) is 8.59. The zero-order valence-electron chi connectivity index (χ0n) is 19.3. The Balaban J connectivity index is 2.14. The van der Waals surface area contributed by atoms with Crippen molar-refractivity contribution in [2.45, 2.75) is 85.0 Å². The SMILES string of the molecule is C=C(C1=C(N(N)COCC[Si](C)(C)C)C[C@H]2C[C@H]2C1)/C(=C\CCC)C(C)CC. The van der Waals surface area contributed by atoms with Crippen molar-refractivity contribution >= 4 is 8.07 Å². The molecule has 0 radical (unpaired) electrons. The van der Waals surface area contributed by atoms with E-state index >= 15 is 0 Å². The molecular weight excluding hydrogens is 360 g/mol. The lowest BCUT2D eigenvalue weighted by atomic mass is 9.82. The third kappa shape index (κ3) is 6.60. The summed E-state index contributed by atoms with van der Waals surface area (Å²) in [5, 5.41) is 1.88. The summed E-state index contributed by atoms with van der Waals surface area (Å²) in [7, 11) is -1.07. The van der Waals surface area contributed by atoms with Gasteiger partial charge in [0.05, 0.1) is 0 Å². The molecule has 2 aliphatic rings. The first kappa shape index (κ1) is 23.4. The quantitative estimate of drug-likeness (QED) is 0.101. The van der Waals surface area contributed by atoms with E-state index in [2.05, 4.69) is 53.1 Å². The van der Waals surface area contributed by atoms with E-state index in [9.17, 15) is 0 Å². The standard InChI is InChI=1S/C24H44N2OSi/c1-8-10-11-22(18(3)9-2)19(4)23-15-20-14-21(20)16-24(23)26(25)17-27-12-13-28(5,6)7/h11,18,20-21H,4,8-10,12-17,25H2,1-3,5-7H3/b22-11-/t18?,20-,21+/m0/s1. The summed E-state index contributed by atoms with van der Waals surface area (Å²) in [6, 6.07) is 1.18. The van der Waals surface area contributed by atoms with Gasteiger partial charge in [0.1, 0.15) is 6.73 Å². The monoisotopic (exact) mass is 404 g/mol. The molecule has 0 aliphatic heterocycles. The Morgan fingerprint density at radius 1 is 1.29 bits per heavy atom. The van der Waals surface area contributed by atoms with Crippen LogP contribution in [0.4, 0.5) is 0 Å². The topological polar surface area (TPSA) is 38.5 Å². The molecule has 0 amide bonds. The molecule has 0 aromatic heterocycles. The number of hydrogen-bond donors (Lipinski definition) is 1. The highest BCUT2D eigenvalue weighted by atomic mass is 28.3. The Bertz CT molecular complexity index is 602. The van der Waals surface area contributed by atoms with Crippen LogP contribution in [0.15, 0.2) is 35.1 Å². The minimum atomic E-state index is -1.07. The van der Waals surface area contributed by atoms with E-state index in [1.165, 1.54) is 41.3 Å². The van der Waals surface area contributed by atoms with E-state index in [-0.39, 0.29) is 0 Å². The van der Waals surface area contributed by atoms with Crippen LogP contribution in [-0.4, -0.2) is 26.4 Å². The molecule has 0 spiro atoms. The maximum atomic E-state index is 6.52. The molecule has 3 atom stereocenters. The predicted molar refractivity (Wildman–Crippen MR) is 124 cm³/mol. The van der Waals surface area contributed by atoms with E-state index in [1.807, 2.05) is 5.01 Å². The minimum Gasteiger partial charge on any atom is -0.360 e. The van der Waals surface area contributed by atoms with Crippen LogP contribution < -0.4 is 5.84 Å². The maximum Gasteiger partial charge on any atom is 0.132 e. The van der Waals surface area contributed by atoms with Gasteiger partial charge in [0.2, 0.25) is 0 Å². The van der Waals surface area contributed by atoms with E-state index in [0.717, 1.165) is 44.1 Å². The summed E-state index contributed by atoms with van der Waals surface area (Å²) in [4.78, 5) is 0. The second-order valence-electron chi connectivity index (χ2n) is 10.1. The number of nitrogens with two attached hydrogens (primary N) is 1. The van der Waals surface area contributed by atoms with E-state index in [1.54, 1.807) is 0 Å². The van der Waals surface area contributed by atoms with E-state index < -0.39 is 8.07 Å². The number of ether oxygens (including phenoxy) is 1. The highest BCUT2D eigenvalue weighted by molar-refractivity contribution is 6.76. The molecule has 0 heterocycles. The molecular formula is C24H44N2OSi. The maximum absolute atomic E-state index is 6.52. The number of hydrogen-bond acceptors (Lipinski definition) is 3. The predicted octanol–water partition coefficient (Wildman–Crippen LogP) is 6.49. The van der Waals surface area contributed by atoms with Gasteiger partial charge < -0.3 is 4.74 Å². The molecule has 2 aliphatic carbocycles. The summed E-state index contributed by atoms with van der Waals surface area (Å²) in [6.45, 7) is 19.9. The first-order chi connectivity index (χ1) is 13.2. The molecule has 0 aromatic rings. The zero-order valence-corrected chi connectivity index (χ0v) is 20.3. The molecule has 1 unspecified atom stereocenters. The molecule has 2 N–H and O–H groups in total. The third-order valence-corrected chi connectivity index (χ3v) is 8.13. The minimum absolute atomic E-state index is 0.491. The fraction of sp³-hybridized carbons (Fsp3) is 0.750. The van der Waals surface area contributed by atoms with Crippen LogP contribution in [0.5, 0.6) is 0 Å². The first-order valence-electron chi connectivity index (χ1n) is 11.4. The normalized spacial score (nSPS) is 23.5. The highest BCUT2D eigenvalue weighted by Crippen LogP contribution is 2.53. The molecule has 0 saturated heterocycles. The Hall–Kier alpha value is -0.843. The number of allylic oxidation sites excluding steroid dienone is 5. The smallest absolute Gasteiger partial charge is 0.132 e. The van der Waals surface area contributed by atoms with Crippen LogP contribution in [0.25, 0.3) is 0 Å². The molecule has 28 heavy (non-hydrogen) atoms. The van der Waals surface area contributed by atoms with Crippen molar-refractivity contribution in [3.8, 4) is 0 Å². The fourth-order valence-corrected chi connectivity index (χ4v) is 4.84. The number of hydrazine groups is 1. The molecule has 0 aromatic carbocycles. The van der Waals surface area contributed by atoms with Crippen LogP contribution in [0, 0.1) is 17.8 Å². The zero-order chi connectivity index (χ0) is 20.9. The molecule has 1 fully saturated rings. The lowest BCUT2D eigenvalue weighted by molar-refractivity contribution is 0.0507. The number of rotatable bonds is 12. The van der Waals surface area contributed by atoms with Gasteiger partial charge in [0.15, 0.2) is 0 Å². The van der Waals surface area contributed by atoms with E-state index in [0.29, 0.717) is 12.6 Å². The van der Waals surface area contributed by atoms with Crippen molar-refractivity contribution in [2.24, 2.45) is 23.6 Å². The lowest BCUT2D eigenvalue weighted by Gasteiger charge is -2.31. The second kappa shape index (κ2) is 10.3. The van der Waals surface area contributed by atoms with Crippen molar-refractivity contribution in [3.05, 3.63) is 35.1 Å². The van der Waals surface area contributed by atoms with Gasteiger partial charge in [-0.25, -0.2) is 5.84 Å². The molecule has 1 saturated carbocycles. The summed E-state index contributed by atoms with van der Waals surface area (Å²) in [6.07, 6.45) is 9.45.